The number of aromatic amines is 1. The van der Waals surface area contributed by atoms with Crippen LogP contribution in [0.15, 0.2) is 33.5 Å². The van der Waals surface area contributed by atoms with Gasteiger partial charge in [-0.25, -0.2) is 9.89 Å². The molecule has 0 radical (unpaired) electrons. The van der Waals surface area contributed by atoms with E-state index in [0.717, 1.165) is 24.8 Å². The van der Waals surface area contributed by atoms with Crippen LogP contribution in [0, 0.1) is 0 Å². The lowest BCUT2D eigenvalue weighted by molar-refractivity contribution is -0.145. The fraction of sp³-hybridized carbons (Fsp3) is 0.400. The van der Waals surface area contributed by atoms with E-state index in [-0.39, 0.29) is 18.5 Å². The zero-order valence-corrected chi connectivity index (χ0v) is 11.9. The predicted molar refractivity (Wildman–Crippen MR) is 76.5 cm³/mol. The number of esters is 1. The van der Waals surface area contributed by atoms with Crippen molar-refractivity contribution >= 4 is 5.97 Å². The van der Waals surface area contributed by atoms with E-state index >= 15 is 0 Å². The lowest BCUT2D eigenvalue weighted by atomic mass is 10.1. The van der Waals surface area contributed by atoms with Crippen LogP contribution < -0.4 is 5.76 Å². The Labute approximate surface area is 122 Å². The Hall–Kier alpha value is -2.37. The molecule has 1 N–H and O–H groups in total. The molecule has 1 aromatic carbocycles. The van der Waals surface area contributed by atoms with Gasteiger partial charge in [0.1, 0.15) is 6.61 Å². The van der Waals surface area contributed by atoms with E-state index in [9.17, 15) is 9.59 Å². The lowest BCUT2D eigenvalue weighted by Gasteiger charge is -2.05. The number of unbranched alkanes of at least 4 members (excludes halogenated alkanes) is 2. The smallest absolute Gasteiger partial charge is 0.434 e. The predicted octanol–water partition coefficient (Wildman–Crippen LogP) is 2.65. The molecule has 0 spiro atoms. The number of nitrogens with one attached hydrogen (secondary N) is 1. The largest absolute Gasteiger partial charge is 0.461 e. The minimum absolute atomic E-state index is 0.175. The monoisotopic (exact) mass is 290 g/mol. The minimum atomic E-state index is -0.588. The van der Waals surface area contributed by atoms with Crippen molar-refractivity contribution in [3.8, 4) is 11.5 Å². The molecule has 6 nitrogen and oxygen atoms in total. The Morgan fingerprint density at radius 1 is 1.29 bits per heavy atom. The average molecular weight is 290 g/mol. The molecule has 0 amide bonds. The van der Waals surface area contributed by atoms with Crippen LogP contribution in [0.4, 0.5) is 0 Å². The van der Waals surface area contributed by atoms with Gasteiger partial charge in [0.2, 0.25) is 5.89 Å². The van der Waals surface area contributed by atoms with Gasteiger partial charge in [0, 0.05) is 12.0 Å². The third-order valence-electron chi connectivity index (χ3n) is 3.02. The number of aromatic nitrogens is 2. The number of benzene rings is 1. The molecule has 0 fully saturated rings. The summed E-state index contributed by atoms with van der Waals surface area (Å²) >= 11 is 0. The first-order chi connectivity index (χ1) is 10.2. The second kappa shape index (κ2) is 7.42. The van der Waals surface area contributed by atoms with Gasteiger partial charge >= 0.3 is 11.7 Å². The van der Waals surface area contributed by atoms with Crippen molar-refractivity contribution < 1.29 is 13.9 Å². The van der Waals surface area contributed by atoms with Gasteiger partial charge < -0.3 is 9.15 Å². The highest BCUT2D eigenvalue weighted by Crippen LogP contribution is 2.16. The molecule has 0 saturated heterocycles. The summed E-state index contributed by atoms with van der Waals surface area (Å²) in [6.07, 6.45) is 3.45. The summed E-state index contributed by atoms with van der Waals surface area (Å²) in [4.78, 5) is 22.4. The van der Waals surface area contributed by atoms with E-state index in [1.807, 2.05) is 12.1 Å². The van der Waals surface area contributed by atoms with Gasteiger partial charge in [0.25, 0.3) is 0 Å². The first-order valence-electron chi connectivity index (χ1n) is 6.99. The normalized spacial score (nSPS) is 10.5. The number of hydrogen-bond donors (Lipinski definition) is 1. The van der Waals surface area contributed by atoms with E-state index < -0.39 is 5.76 Å². The highest BCUT2D eigenvalue weighted by Gasteiger charge is 2.06. The summed E-state index contributed by atoms with van der Waals surface area (Å²) in [6.45, 7) is 2.34. The Balaban J connectivity index is 1.85. The van der Waals surface area contributed by atoms with Crippen molar-refractivity contribution in [2.24, 2.45) is 0 Å². The quantitative estimate of drug-likeness (QED) is 0.626. The summed E-state index contributed by atoms with van der Waals surface area (Å²) in [5, 5.41) is 5.95. The fourth-order valence-electron chi connectivity index (χ4n) is 1.85. The number of rotatable bonds is 7. The highest BCUT2D eigenvalue weighted by atomic mass is 16.5. The summed E-state index contributed by atoms with van der Waals surface area (Å²) in [5.41, 5.74) is 1.56. The molecule has 2 rings (SSSR count). The van der Waals surface area contributed by atoms with Crippen molar-refractivity contribution in [1.29, 1.82) is 0 Å². The Morgan fingerprint density at radius 2 is 2.05 bits per heavy atom. The van der Waals surface area contributed by atoms with Gasteiger partial charge in [0.05, 0.1) is 0 Å². The number of carbonyl (C=O) groups is 1. The number of carbonyl (C=O) groups excluding carboxylic acids is 1. The number of hydrogen-bond acceptors (Lipinski definition) is 5. The van der Waals surface area contributed by atoms with Gasteiger partial charge in [-0.05, 0) is 24.1 Å². The molecule has 0 atom stereocenters. The minimum Gasteiger partial charge on any atom is -0.461 e. The molecular formula is C15H18N2O4. The van der Waals surface area contributed by atoms with Crippen LogP contribution in [0.25, 0.3) is 11.5 Å². The van der Waals surface area contributed by atoms with Crippen LogP contribution in [0.1, 0.15) is 38.2 Å². The SMILES string of the molecule is CCCCCC(=O)OCc1ccc(-c2n[nH]c(=O)o2)cc1. The Kier molecular flexibility index (Phi) is 5.31. The summed E-state index contributed by atoms with van der Waals surface area (Å²) < 4.78 is 10.0. The molecule has 0 unspecified atom stereocenters. The maximum absolute atomic E-state index is 11.5. The fourth-order valence-corrected chi connectivity index (χ4v) is 1.85. The Morgan fingerprint density at radius 3 is 2.67 bits per heavy atom. The standard InChI is InChI=1S/C15H18N2O4/c1-2-3-4-5-13(18)20-10-11-6-8-12(9-7-11)14-16-17-15(19)21-14/h6-9H,2-5,10H2,1H3,(H,17,19). The third-order valence-corrected chi connectivity index (χ3v) is 3.02. The summed E-state index contributed by atoms with van der Waals surface area (Å²) in [7, 11) is 0. The lowest BCUT2D eigenvalue weighted by Crippen LogP contribution is -2.04. The molecule has 0 saturated carbocycles. The maximum atomic E-state index is 11.5. The van der Waals surface area contributed by atoms with E-state index in [4.69, 9.17) is 9.15 Å². The summed E-state index contributed by atoms with van der Waals surface area (Å²) in [6, 6.07) is 7.14. The van der Waals surface area contributed by atoms with Crippen molar-refractivity contribution in [2.45, 2.75) is 39.2 Å². The zero-order chi connectivity index (χ0) is 15.1. The topological polar surface area (TPSA) is 85.2 Å². The van der Waals surface area contributed by atoms with E-state index in [0.29, 0.717) is 12.0 Å². The third kappa shape index (κ3) is 4.59. The molecule has 112 valence electrons. The van der Waals surface area contributed by atoms with E-state index in [1.54, 1.807) is 12.1 Å². The Bertz CT molecular complexity index is 628. The van der Waals surface area contributed by atoms with Crippen molar-refractivity contribution in [3.05, 3.63) is 40.4 Å². The van der Waals surface area contributed by atoms with Crippen molar-refractivity contribution in [2.75, 3.05) is 0 Å². The molecular weight excluding hydrogens is 272 g/mol. The molecule has 0 aliphatic heterocycles. The molecule has 1 heterocycles. The molecule has 0 aliphatic carbocycles. The number of nitrogens with zero attached hydrogens (tertiary/aromatic N) is 1. The highest BCUT2D eigenvalue weighted by molar-refractivity contribution is 5.69. The van der Waals surface area contributed by atoms with Crippen molar-refractivity contribution in [1.82, 2.24) is 10.2 Å². The first kappa shape index (κ1) is 15.0. The van der Waals surface area contributed by atoms with Crippen LogP contribution in [0.3, 0.4) is 0 Å². The second-order valence-corrected chi connectivity index (χ2v) is 4.73. The van der Waals surface area contributed by atoms with Gasteiger partial charge in [0.15, 0.2) is 0 Å². The second-order valence-electron chi connectivity index (χ2n) is 4.73. The molecule has 6 heteroatoms. The van der Waals surface area contributed by atoms with Gasteiger partial charge in [-0.15, -0.1) is 5.10 Å². The zero-order valence-electron chi connectivity index (χ0n) is 11.9. The van der Waals surface area contributed by atoms with Crippen LogP contribution >= 0.6 is 0 Å². The average Bonchev–Trinajstić information content (AvgIpc) is 2.92. The maximum Gasteiger partial charge on any atom is 0.434 e. The number of ether oxygens (including phenoxy) is 1. The molecule has 0 bridgehead atoms. The van der Waals surface area contributed by atoms with Crippen molar-refractivity contribution in [3.63, 3.8) is 0 Å². The first-order valence-corrected chi connectivity index (χ1v) is 6.99. The van der Waals surface area contributed by atoms with E-state index in [1.165, 1.54) is 0 Å². The number of H-pyrrole nitrogens is 1. The van der Waals surface area contributed by atoms with E-state index in [2.05, 4.69) is 17.1 Å². The van der Waals surface area contributed by atoms with Gasteiger partial charge in [-0.3, -0.25) is 4.79 Å². The van der Waals surface area contributed by atoms with Crippen LogP contribution in [-0.4, -0.2) is 16.2 Å². The molecule has 2 aromatic rings. The van der Waals surface area contributed by atoms with Gasteiger partial charge in [-0.1, -0.05) is 31.9 Å². The molecule has 1 aromatic heterocycles. The summed E-state index contributed by atoms with van der Waals surface area (Å²) in [5.74, 6) is -0.524. The molecule has 21 heavy (non-hydrogen) atoms. The van der Waals surface area contributed by atoms with Crippen LogP contribution in [0.5, 0.6) is 0 Å². The molecule has 0 aliphatic rings. The van der Waals surface area contributed by atoms with Crippen LogP contribution in [-0.2, 0) is 16.1 Å². The van der Waals surface area contributed by atoms with Crippen LogP contribution in [0.2, 0.25) is 0 Å². The van der Waals surface area contributed by atoms with Gasteiger partial charge in [-0.2, -0.15) is 0 Å².